The predicted molar refractivity (Wildman–Crippen MR) is 45.3 cm³/mol. The highest BCUT2D eigenvalue weighted by Gasteiger charge is 2.06. The van der Waals surface area contributed by atoms with Gasteiger partial charge in [-0.05, 0) is 17.2 Å². The molecule has 2 aliphatic carbocycles. The second-order valence-electron chi connectivity index (χ2n) is 1.84. The summed E-state index contributed by atoms with van der Waals surface area (Å²) in [4.78, 5) is 0. The molecule has 0 spiro atoms. The van der Waals surface area contributed by atoms with Crippen molar-refractivity contribution in [1.82, 2.24) is 0 Å². The molecule has 0 saturated heterocycles. The average molecular weight is 172 g/mol. The van der Waals surface area contributed by atoms with Crippen molar-refractivity contribution in [3.63, 3.8) is 0 Å². The molecule has 4 heteroatoms. The van der Waals surface area contributed by atoms with Gasteiger partial charge in [-0.2, -0.15) is 0 Å². The van der Waals surface area contributed by atoms with Gasteiger partial charge in [0.2, 0.25) is 0 Å². The highest BCUT2D eigenvalue weighted by Crippen LogP contribution is 2.32. The van der Waals surface area contributed by atoms with Crippen LogP contribution in [0, 0.1) is 0 Å². The van der Waals surface area contributed by atoms with E-state index in [0.29, 0.717) is 0 Å². The van der Waals surface area contributed by atoms with Crippen LogP contribution in [-0.2, 0) is 11.3 Å². The summed E-state index contributed by atoms with van der Waals surface area (Å²) in [6.45, 7) is 0. The third kappa shape index (κ3) is 3.87. The Kier molecular flexibility index (Phi) is 3.95. The summed E-state index contributed by atoms with van der Waals surface area (Å²) in [5.41, 5.74) is 2.85. The van der Waals surface area contributed by atoms with E-state index in [1.807, 2.05) is 0 Å². The first kappa shape index (κ1) is 10.3. The SMILES string of the molecule is C.NS(=O)[O-].c1cc2cc-2c1. The number of rotatable bonds is 0. The largest absolute Gasteiger partial charge is 0.760 e. The van der Waals surface area contributed by atoms with Crippen LogP contribution in [0.3, 0.4) is 0 Å². The van der Waals surface area contributed by atoms with Gasteiger partial charge in [0, 0.05) is 11.3 Å². The lowest BCUT2D eigenvalue weighted by Crippen LogP contribution is -1.97. The van der Waals surface area contributed by atoms with E-state index >= 15 is 0 Å². The van der Waals surface area contributed by atoms with Gasteiger partial charge in [-0.3, -0.25) is 9.35 Å². The first-order valence-corrected chi connectivity index (χ1v) is 3.78. The minimum absolute atomic E-state index is 0. The molecule has 1 unspecified atom stereocenters. The number of hydrogen-bond acceptors (Lipinski definition) is 2. The van der Waals surface area contributed by atoms with Gasteiger partial charge in [0.05, 0.1) is 0 Å². The van der Waals surface area contributed by atoms with Crippen molar-refractivity contribution in [2.24, 2.45) is 5.14 Å². The van der Waals surface area contributed by atoms with Crippen LogP contribution in [0.1, 0.15) is 7.43 Å². The minimum Gasteiger partial charge on any atom is -0.760 e. The van der Waals surface area contributed by atoms with Crippen LogP contribution in [0.2, 0.25) is 0 Å². The van der Waals surface area contributed by atoms with Crippen LogP contribution in [0.5, 0.6) is 0 Å². The van der Waals surface area contributed by atoms with Gasteiger partial charge in [-0.15, -0.1) is 0 Å². The molecular weight excluding hydrogens is 162 g/mol. The van der Waals surface area contributed by atoms with Gasteiger partial charge < -0.3 is 4.55 Å². The minimum atomic E-state index is -2.36. The number of hydrogen-bond donors (Lipinski definition) is 1. The Morgan fingerprint density at radius 3 is 1.82 bits per heavy atom. The molecule has 2 N–H and O–H groups in total. The fraction of sp³-hybridized carbons (Fsp3) is 0.143. The molecule has 0 amide bonds. The monoisotopic (exact) mass is 172 g/mol. The van der Waals surface area contributed by atoms with Gasteiger partial charge in [-0.25, -0.2) is 0 Å². The van der Waals surface area contributed by atoms with E-state index in [-0.39, 0.29) is 7.43 Å². The van der Waals surface area contributed by atoms with Crippen LogP contribution in [0.15, 0.2) is 24.3 Å². The lowest BCUT2D eigenvalue weighted by Gasteiger charge is -1.85. The molecule has 0 radical (unpaired) electrons. The maximum Gasteiger partial charge on any atom is 0.0152 e. The molecule has 0 aromatic carbocycles. The van der Waals surface area contributed by atoms with E-state index < -0.39 is 11.3 Å². The van der Waals surface area contributed by atoms with E-state index in [1.54, 1.807) is 0 Å². The molecule has 0 aromatic rings. The van der Waals surface area contributed by atoms with Crippen LogP contribution < -0.4 is 5.14 Å². The highest BCUT2D eigenvalue weighted by molar-refractivity contribution is 7.76. The Morgan fingerprint density at radius 2 is 1.73 bits per heavy atom. The summed E-state index contributed by atoms with van der Waals surface area (Å²) in [5, 5.41) is 4.03. The van der Waals surface area contributed by atoms with Crippen LogP contribution in [-0.4, -0.2) is 8.76 Å². The summed E-state index contributed by atoms with van der Waals surface area (Å²) < 4.78 is 17.6. The molecule has 0 aliphatic heterocycles. The van der Waals surface area contributed by atoms with Crippen molar-refractivity contribution in [2.45, 2.75) is 7.43 Å². The molecule has 1 atom stereocenters. The Hall–Kier alpha value is -0.710. The smallest absolute Gasteiger partial charge is 0.0152 e. The standard InChI is InChI=1S/C6H4.CH4.H3NO2S/c1-2-5-4-6(5)3-1;;1-4(2)3/h1-4H;1H4;1H2,(H,2,3)/p-1. The number of fused-ring (bicyclic) bond motifs is 1. The van der Waals surface area contributed by atoms with Crippen molar-refractivity contribution >= 4 is 11.3 Å². The van der Waals surface area contributed by atoms with Crippen molar-refractivity contribution in [1.29, 1.82) is 0 Å². The van der Waals surface area contributed by atoms with Crippen molar-refractivity contribution in [3.05, 3.63) is 24.3 Å². The second-order valence-corrected chi connectivity index (χ2v) is 2.36. The highest BCUT2D eigenvalue weighted by atomic mass is 32.2. The van der Waals surface area contributed by atoms with E-state index in [4.69, 9.17) is 8.76 Å². The molecule has 0 saturated carbocycles. The third-order valence-electron chi connectivity index (χ3n) is 1.11. The lowest BCUT2D eigenvalue weighted by molar-refractivity contribution is 0.539. The maximum absolute atomic E-state index is 8.78. The first-order chi connectivity index (χ1) is 4.70. The predicted octanol–water partition coefficient (Wildman–Crippen LogP) is 1.04. The van der Waals surface area contributed by atoms with Crippen LogP contribution in [0.25, 0.3) is 11.1 Å². The van der Waals surface area contributed by atoms with E-state index in [2.05, 4.69) is 29.4 Å². The van der Waals surface area contributed by atoms with E-state index in [0.717, 1.165) is 0 Å². The van der Waals surface area contributed by atoms with Gasteiger partial charge >= 0.3 is 0 Å². The van der Waals surface area contributed by atoms with Gasteiger partial charge in [-0.1, -0.05) is 25.6 Å². The quantitative estimate of drug-likeness (QED) is 0.603. The first-order valence-electron chi connectivity index (χ1n) is 2.64. The molecule has 11 heavy (non-hydrogen) atoms. The van der Waals surface area contributed by atoms with Gasteiger partial charge in [0.15, 0.2) is 0 Å². The molecule has 0 bridgehead atoms. The topological polar surface area (TPSA) is 66.2 Å². The van der Waals surface area contributed by atoms with Crippen LogP contribution >= 0.6 is 0 Å². The molecule has 2 aliphatic rings. The van der Waals surface area contributed by atoms with Gasteiger partial charge in [0.25, 0.3) is 0 Å². The zero-order chi connectivity index (χ0) is 7.56. The number of nitrogens with two attached hydrogens (primary N) is 1. The molecule has 0 heterocycles. The molecular formula is C7H10NO2S-. The third-order valence-corrected chi connectivity index (χ3v) is 1.11. The fourth-order valence-electron chi connectivity index (χ4n) is 0.676. The summed E-state index contributed by atoms with van der Waals surface area (Å²) in [6.07, 6.45) is 0. The normalized spacial score (nSPS) is 11.8. The maximum atomic E-state index is 8.78. The number of benzene rings is 1. The molecule has 0 fully saturated rings. The van der Waals surface area contributed by atoms with E-state index in [9.17, 15) is 0 Å². The Labute approximate surface area is 68.7 Å². The lowest BCUT2D eigenvalue weighted by atomic mass is 10.6. The second kappa shape index (κ2) is 4.23. The summed E-state index contributed by atoms with van der Waals surface area (Å²) >= 11 is -2.36. The summed E-state index contributed by atoms with van der Waals surface area (Å²) in [6, 6.07) is 8.48. The molecule has 62 valence electrons. The van der Waals surface area contributed by atoms with Crippen LogP contribution in [0.4, 0.5) is 0 Å². The molecule has 3 nitrogen and oxygen atoms in total. The molecule has 2 rings (SSSR count). The Balaban J connectivity index is 0.000000183. The zero-order valence-corrected chi connectivity index (χ0v) is 5.93. The fourth-order valence-corrected chi connectivity index (χ4v) is 0.676. The van der Waals surface area contributed by atoms with Crippen molar-refractivity contribution in [2.75, 3.05) is 0 Å². The van der Waals surface area contributed by atoms with Crippen molar-refractivity contribution < 1.29 is 8.76 Å². The van der Waals surface area contributed by atoms with Crippen molar-refractivity contribution in [3.8, 4) is 11.1 Å². The Morgan fingerprint density at radius 1 is 1.36 bits per heavy atom. The van der Waals surface area contributed by atoms with E-state index in [1.165, 1.54) is 11.1 Å². The summed E-state index contributed by atoms with van der Waals surface area (Å²) in [5.74, 6) is 0. The molecule has 0 aromatic heterocycles. The average Bonchev–Trinajstić information content (AvgIpc) is 2.40. The zero-order valence-electron chi connectivity index (χ0n) is 5.11. The summed E-state index contributed by atoms with van der Waals surface area (Å²) in [7, 11) is 0. The van der Waals surface area contributed by atoms with Gasteiger partial charge in [0.1, 0.15) is 0 Å². The Bertz CT molecular complexity index is 241.